The summed E-state index contributed by atoms with van der Waals surface area (Å²) >= 11 is 3.54. The van der Waals surface area contributed by atoms with Gasteiger partial charge < -0.3 is 9.64 Å². The van der Waals surface area contributed by atoms with Crippen LogP contribution in [0.15, 0.2) is 41.3 Å². The first-order valence-electron chi connectivity index (χ1n) is 9.74. The number of carbonyl (C=O) groups is 1. The van der Waals surface area contributed by atoms with Gasteiger partial charge in [-0.25, -0.2) is 9.78 Å². The number of nitrogens with zero attached hydrogens (tertiary/aromatic N) is 5. The predicted molar refractivity (Wildman–Crippen MR) is 115 cm³/mol. The third-order valence-electron chi connectivity index (χ3n) is 4.84. The van der Waals surface area contributed by atoms with Gasteiger partial charge in [-0.2, -0.15) is 5.10 Å². The molecule has 1 unspecified atom stereocenters. The number of carbonyl (C=O) groups excluding carboxylic acids is 1. The van der Waals surface area contributed by atoms with E-state index in [-0.39, 0.29) is 12.1 Å². The number of aromatic nitrogens is 4. The fourth-order valence-corrected chi connectivity index (χ4v) is 3.92. The molecule has 1 atom stereocenters. The summed E-state index contributed by atoms with van der Waals surface area (Å²) in [6.45, 7) is 6.95. The van der Waals surface area contributed by atoms with E-state index < -0.39 is 5.60 Å². The standard InChI is InChI=1S/C21H24BrN5O2/c1-21(2,3)29-20(28)26-9-5-6-15(13-26)27-12-14(10-24-27)18-11-23-17-8-4-7-16(22)19(17)25-18/h4,7-8,10-12,15H,5-6,9,13H2,1-3H3. The SMILES string of the molecule is CC(C)(C)OC(=O)N1CCCC(n2cc(-c3cnc4cccc(Br)c4n3)cn2)C1. The molecule has 1 amide bonds. The Bertz CT molecular complexity index is 1040. The summed E-state index contributed by atoms with van der Waals surface area (Å²) in [5.41, 5.74) is 2.86. The van der Waals surface area contributed by atoms with Gasteiger partial charge in [0.05, 0.1) is 29.6 Å². The topological polar surface area (TPSA) is 73.1 Å². The van der Waals surface area contributed by atoms with Gasteiger partial charge >= 0.3 is 6.09 Å². The molecule has 0 N–H and O–H groups in total. The molecule has 152 valence electrons. The van der Waals surface area contributed by atoms with E-state index in [1.165, 1.54) is 0 Å². The van der Waals surface area contributed by atoms with Gasteiger partial charge in [-0.05, 0) is 61.7 Å². The number of likely N-dealkylation sites (tertiary alicyclic amines) is 1. The Morgan fingerprint density at radius 3 is 2.90 bits per heavy atom. The zero-order valence-electron chi connectivity index (χ0n) is 16.8. The van der Waals surface area contributed by atoms with Crippen molar-refractivity contribution >= 4 is 33.1 Å². The van der Waals surface area contributed by atoms with Crippen molar-refractivity contribution in [3.05, 3.63) is 41.3 Å². The van der Waals surface area contributed by atoms with Crippen LogP contribution in [0.2, 0.25) is 0 Å². The summed E-state index contributed by atoms with van der Waals surface area (Å²) in [4.78, 5) is 23.4. The van der Waals surface area contributed by atoms with E-state index in [2.05, 4.69) is 26.0 Å². The van der Waals surface area contributed by atoms with Crippen LogP contribution in [0.1, 0.15) is 39.7 Å². The normalized spacial score (nSPS) is 17.5. The highest BCUT2D eigenvalue weighted by molar-refractivity contribution is 9.10. The van der Waals surface area contributed by atoms with E-state index in [4.69, 9.17) is 9.72 Å². The Balaban J connectivity index is 1.53. The average molecular weight is 458 g/mol. The second kappa shape index (κ2) is 7.74. The maximum atomic E-state index is 12.4. The summed E-state index contributed by atoms with van der Waals surface area (Å²) in [5, 5.41) is 4.55. The summed E-state index contributed by atoms with van der Waals surface area (Å²) in [6, 6.07) is 5.95. The molecule has 1 aliphatic rings. The fraction of sp³-hybridized carbons (Fsp3) is 0.429. The van der Waals surface area contributed by atoms with Gasteiger partial charge in [-0.3, -0.25) is 9.67 Å². The van der Waals surface area contributed by atoms with Crippen molar-refractivity contribution < 1.29 is 9.53 Å². The summed E-state index contributed by atoms with van der Waals surface area (Å²) in [5.74, 6) is 0. The number of hydrogen-bond donors (Lipinski definition) is 0. The second-order valence-corrected chi connectivity index (χ2v) is 9.15. The number of piperidine rings is 1. The highest BCUT2D eigenvalue weighted by Crippen LogP contribution is 2.27. The van der Waals surface area contributed by atoms with E-state index in [0.717, 1.165) is 39.6 Å². The van der Waals surface area contributed by atoms with Crippen molar-refractivity contribution in [1.82, 2.24) is 24.6 Å². The number of benzene rings is 1. The van der Waals surface area contributed by atoms with E-state index in [1.54, 1.807) is 17.3 Å². The summed E-state index contributed by atoms with van der Waals surface area (Å²) < 4.78 is 8.36. The minimum Gasteiger partial charge on any atom is -0.444 e. The quantitative estimate of drug-likeness (QED) is 0.550. The Labute approximate surface area is 178 Å². The molecular weight excluding hydrogens is 434 g/mol. The maximum absolute atomic E-state index is 12.4. The van der Waals surface area contributed by atoms with Crippen molar-refractivity contribution in [2.24, 2.45) is 0 Å². The minimum atomic E-state index is -0.494. The van der Waals surface area contributed by atoms with Gasteiger partial charge in [0.1, 0.15) is 11.1 Å². The number of halogens is 1. The molecule has 3 heterocycles. The molecule has 0 radical (unpaired) electrons. The van der Waals surface area contributed by atoms with Gasteiger partial charge in [0.15, 0.2) is 0 Å². The molecular formula is C21H24BrN5O2. The number of ether oxygens (including phenoxy) is 1. The molecule has 1 fully saturated rings. The molecule has 1 saturated heterocycles. The first-order chi connectivity index (χ1) is 13.8. The van der Waals surface area contributed by atoms with Crippen molar-refractivity contribution in [1.29, 1.82) is 0 Å². The molecule has 8 heteroatoms. The molecule has 2 aromatic heterocycles. The third-order valence-corrected chi connectivity index (χ3v) is 5.48. The number of fused-ring (bicyclic) bond motifs is 1. The van der Waals surface area contributed by atoms with Crippen molar-refractivity contribution in [2.75, 3.05) is 13.1 Å². The van der Waals surface area contributed by atoms with Crippen molar-refractivity contribution in [3.63, 3.8) is 0 Å². The van der Waals surface area contributed by atoms with Crippen LogP contribution in [-0.4, -0.2) is 49.4 Å². The van der Waals surface area contributed by atoms with Gasteiger partial charge in [-0.1, -0.05) is 6.07 Å². The second-order valence-electron chi connectivity index (χ2n) is 8.29. The van der Waals surface area contributed by atoms with Crippen LogP contribution < -0.4 is 0 Å². The number of rotatable bonds is 2. The molecule has 0 saturated carbocycles. The molecule has 1 aromatic carbocycles. The molecule has 1 aliphatic heterocycles. The molecule has 0 aliphatic carbocycles. The van der Waals surface area contributed by atoms with E-state index >= 15 is 0 Å². The maximum Gasteiger partial charge on any atom is 0.410 e. The highest BCUT2D eigenvalue weighted by Gasteiger charge is 2.28. The van der Waals surface area contributed by atoms with Gasteiger partial charge in [-0.15, -0.1) is 0 Å². The molecule has 7 nitrogen and oxygen atoms in total. The van der Waals surface area contributed by atoms with Crippen LogP contribution in [0.25, 0.3) is 22.3 Å². The molecule has 3 aromatic rings. The first-order valence-corrected chi connectivity index (χ1v) is 10.5. The smallest absolute Gasteiger partial charge is 0.410 e. The lowest BCUT2D eigenvalue weighted by atomic mass is 10.1. The number of para-hydroxylation sites is 1. The van der Waals surface area contributed by atoms with Crippen LogP contribution in [-0.2, 0) is 4.74 Å². The monoisotopic (exact) mass is 457 g/mol. The Kier molecular flexibility index (Phi) is 5.29. The van der Waals surface area contributed by atoms with Crippen LogP contribution in [0.5, 0.6) is 0 Å². The van der Waals surface area contributed by atoms with Gasteiger partial charge in [0, 0.05) is 29.3 Å². The molecule has 29 heavy (non-hydrogen) atoms. The third kappa shape index (κ3) is 4.42. The van der Waals surface area contributed by atoms with Crippen LogP contribution >= 0.6 is 15.9 Å². The average Bonchev–Trinajstić information content (AvgIpc) is 3.17. The van der Waals surface area contributed by atoms with Crippen LogP contribution in [0.4, 0.5) is 4.79 Å². The number of hydrogen-bond acceptors (Lipinski definition) is 5. The zero-order valence-corrected chi connectivity index (χ0v) is 18.4. The lowest BCUT2D eigenvalue weighted by Gasteiger charge is -2.34. The number of amides is 1. The van der Waals surface area contributed by atoms with Gasteiger partial charge in [0.2, 0.25) is 0 Å². The highest BCUT2D eigenvalue weighted by atomic mass is 79.9. The van der Waals surface area contributed by atoms with E-state index in [9.17, 15) is 4.79 Å². The largest absolute Gasteiger partial charge is 0.444 e. The van der Waals surface area contributed by atoms with E-state index in [1.807, 2.05) is 49.8 Å². The van der Waals surface area contributed by atoms with Crippen LogP contribution in [0, 0.1) is 0 Å². The first kappa shape index (κ1) is 19.8. The zero-order chi connectivity index (χ0) is 20.6. The fourth-order valence-electron chi connectivity index (χ4n) is 3.47. The Hall–Kier alpha value is -2.48. The Morgan fingerprint density at radius 1 is 1.28 bits per heavy atom. The predicted octanol–water partition coefficient (Wildman–Crippen LogP) is 4.83. The Morgan fingerprint density at radius 2 is 2.10 bits per heavy atom. The molecule has 0 bridgehead atoms. The van der Waals surface area contributed by atoms with Crippen LogP contribution in [0.3, 0.4) is 0 Å². The van der Waals surface area contributed by atoms with Crippen molar-refractivity contribution in [2.45, 2.75) is 45.3 Å². The van der Waals surface area contributed by atoms with Gasteiger partial charge in [0.25, 0.3) is 0 Å². The lowest BCUT2D eigenvalue weighted by molar-refractivity contribution is 0.0167. The molecule has 0 spiro atoms. The van der Waals surface area contributed by atoms with Crippen molar-refractivity contribution in [3.8, 4) is 11.3 Å². The minimum absolute atomic E-state index is 0.116. The summed E-state index contributed by atoms with van der Waals surface area (Å²) in [7, 11) is 0. The summed E-state index contributed by atoms with van der Waals surface area (Å²) in [6.07, 6.45) is 7.18. The molecule has 4 rings (SSSR count). The van der Waals surface area contributed by atoms with E-state index in [0.29, 0.717) is 13.1 Å². The lowest BCUT2D eigenvalue weighted by Crippen LogP contribution is -2.43.